The molecule has 0 saturated heterocycles. The van der Waals surface area contributed by atoms with E-state index in [0.29, 0.717) is 18.5 Å². The Morgan fingerprint density at radius 1 is 1.04 bits per heavy atom. The Hall–Kier alpha value is -2.59. The number of pyridine rings is 1. The van der Waals surface area contributed by atoms with Gasteiger partial charge in [-0.2, -0.15) is 0 Å². The van der Waals surface area contributed by atoms with E-state index in [1.165, 1.54) is 18.4 Å². The smallest absolute Gasteiger partial charge is 0.219 e. The molecule has 0 aliphatic heterocycles. The lowest BCUT2D eigenvalue weighted by Crippen LogP contribution is -2.10. The highest BCUT2D eigenvalue weighted by molar-refractivity contribution is 5.79. The van der Waals surface area contributed by atoms with Crippen LogP contribution in [0.5, 0.6) is 17.4 Å². The van der Waals surface area contributed by atoms with Crippen molar-refractivity contribution in [3.8, 4) is 17.4 Å². The van der Waals surface area contributed by atoms with E-state index in [1.807, 2.05) is 43.3 Å². The number of benzene rings is 2. The molecule has 4 heteroatoms. The van der Waals surface area contributed by atoms with Crippen molar-refractivity contribution in [1.29, 1.82) is 0 Å². The molecule has 3 aromatic rings. The van der Waals surface area contributed by atoms with Crippen LogP contribution in [0.25, 0.3) is 10.9 Å². The molecule has 0 spiro atoms. The number of aromatic nitrogens is 1. The van der Waals surface area contributed by atoms with Crippen LogP contribution in [-0.4, -0.2) is 17.6 Å². The highest BCUT2D eigenvalue weighted by Crippen LogP contribution is 2.30. The summed E-state index contributed by atoms with van der Waals surface area (Å²) in [7, 11) is 0. The first-order valence-corrected chi connectivity index (χ1v) is 9.76. The maximum atomic E-state index is 6.07. The summed E-state index contributed by atoms with van der Waals surface area (Å²) in [6, 6.07) is 16.2. The SMILES string of the molecule is Cc1cc(OC2CCCC2)ccc1Oc1ccc2cc(CCN)ccc2n1. The molecule has 1 aliphatic rings. The summed E-state index contributed by atoms with van der Waals surface area (Å²) in [5, 5.41) is 1.10. The zero-order valence-electron chi connectivity index (χ0n) is 15.8. The van der Waals surface area contributed by atoms with Gasteiger partial charge in [0, 0.05) is 11.5 Å². The van der Waals surface area contributed by atoms with Gasteiger partial charge in [-0.25, -0.2) is 4.98 Å². The minimum absolute atomic E-state index is 0.363. The van der Waals surface area contributed by atoms with Crippen LogP contribution < -0.4 is 15.2 Å². The van der Waals surface area contributed by atoms with Crippen LogP contribution in [-0.2, 0) is 6.42 Å². The Morgan fingerprint density at radius 2 is 1.89 bits per heavy atom. The third-order valence-corrected chi connectivity index (χ3v) is 5.13. The van der Waals surface area contributed by atoms with Gasteiger partial charge >= 0.3 is 0 Å². The van der Waals surface area contributed by atoms with Crippen molar-refractivity contribution in [1.82, 2.24) is 4.98 Å². The third kappa shape index (κ3) is 4.22. The second kappa shape index (κ2) is 7.97. The molecule has 0 unspecified atom stereocenters. The van der Waals surface area contributed by atoms with E-state index in [0.717, 1.165) is 47.2 Å². The number of rotatable bonds is 6. The van der Waals surface area contributed by atoms with Crippen molar-refractivity contribution >= 4 is 10.9 Å². The fourth-order valence-corrected chi connectivity index (χ4v) is 3.66. The molecule has 2 aromatic carbocycles. The number of ether oxygens (including phenoxy) is 2. The van der Waals surface area contributed by atoms with Crippen molar-refractivity contribution < 1.29 is 9.47 Å². The predicted molar refractivity (Wildman–Crippen MR) is 109 cm³/mol. The molecule has 0 atom stereocenters. The molecular weight excluding hydrogens is 336 g/mol. The maximum Gasteiger partial charge on any atom is 0.219 e. The summed E-state index contributed by atoms with van der Waals surface area (Å²) in [6.07, 6.45) is 6.10. The van der Waals surface area contributed by atoms with E-state index < -0.39 is 0 Å². The van der Waals surface area contributed by atoms with Gasteiger partial charge in [-0.15, -0.1) is 0 Å². The van der Waals surface area contributed by atoms with Crippen molar-refractivity contribution in [3.05, 3.63) is 59.7 Å². The zero-order chi connectivity index (χ0) is 18.6. The summed E-state index contributed by atoms with van der Waals surface area (Å²) in [5.74, 6) is 2.33. The Labute approximate surface area is 160 Å². The van der Waals surface area contributed by atoms with E-state index in [1.54, 1.807) is 0 Å². The molecule has 0 radical (unpaired) electrons. The topological polar surface area (TPSA) is 57.4 Å². The molecule has 1 saturated carbocycles. The molecule has 1 aliphatic carbocycles. The summed E-state index contributed by atoms with van der Waals surface area (Å²) in [6.45, 7) is 2.69. The average Bonchev–Trinajstić information content (AvgIpc) is 3.17. The Balaban J connectivity index is 1.50. The van der Waals surface area contributed by atoms with Crippen LogP contribution >= 0.6 is 0 Å². The number of nitrogens with two attached hydrogens (primary N) is 1. The maximum absolute atomic E-state index is 6.07. The molecule has 0 amide bonds. The largest absolute Gasteiger partial charge is 0.490 e. The Bertz CT molecular complexity index is 933. The molecule has 2 N–H and O–H groups in total. The van der Waals surface area contributed by atoms with Crippen LogP contribution in [0.15, 0.2) is 48.5 Å². The highest BCUT2D eigenvalue weighted by Gasteiger charge is 2.17. The van der Waals surface area contributed by atoms with Crippen LogP contribution in [0.3, 0.4) is 0 Å². The van der Waals surface area contributed by atoms with Crippen molar-refractivity contribution in [2.24, 2.45) is 5.73 Å². The molecule has 1 aromatic heterocycles. The molecule has 4 rings (SSSR count). The van der Waals surface area contributed by atoms with Gasteiger partial charge in [-0.3, -0.25) is 0 Å². The van der Waals surface area contributed by atoms with Gasteiger partial charge < -0.3 is 15.2 Å². The number of fused-ring (bicyclic) bond motifs is 1. The van der Waals surface area contributed by atoms with Crippen LogP contribution in [0.2, 0.25) is 0 Å². The molecule has 0 bridgehead atoms. The lowest BCUT2D eigenvalue weighted by molar-refractivity contribution is 0.209. The number of nitrogens with zero attached hydrogens (tertiary/aromatic N) is 1. The average molecular weight is 362 g/mol. The number of aryl methyl sites for hydroxylation is 1. The number of hydrogen-bond donors (Lipinski definition) is 1. The molecule has 27 heavy (non-hydrogen) atoms. The van der Waals surface area contributed by atoms with Crippen LogP contribution in [0.1, 0.15) is 36.8 Å². The standard InChI is InChI=1S/C23H26N2O2/c1-16-14-20(26-19-4-2-3-5-19)8-10-22(16)27-23-11-7-18-15-17(12-13-24)6-9-21(18)25-23/h6-11,14-15,19H,2-5,12-13,24H2,1H3. The first kappa shape index (κ1) is 17.8. The zero-order valence-corrected chi connectivity index (χ0v) is 15.8. The van der Waals surface area contributed by atoms with Crippen LogP contribution in [0.4, 0.5) is 0 Å². The molecule has 4 nitrogen and oxygen atoms in total. The normalized spacial score (nSPS) is 14.6. The van der Waals surface area contributed by atoms with Crippen molar-refractivity contribution in [3.63, 3.8) is 0 Å². The lowest BCUT2D eigenvalue weighted by Gasteiger charge is -2.15. The van der Waals surface area contributed by atoms with Crippen LogP contribution in [0, 0.1) is 6.92 Å². The highest BCUT2D eigenvalue weighted by atomic mass is 16.5. The lowest BCUT2D eigenvalue weighted by atomic mass is 10.1. The Morgan fingerprint density at radius 3 is 2.67 bits per heavy atom. The van der Waals surface area contributed by atoms with Gasteiger partial charge in [0.05, 0.1) is 11.6 Å². The van der Waals surface area contributed by atoms with Gasteiger partial charge in [-0.1, -0.05) is 6.07 Å². The van der Waals surface area contributed by atoms with E-state index in [2.05, 4.69) is 17.1 Å². The van der Waals surface area contributed by atoms with Gasteiger partial charge in [0.1, 0.15) is 11.5 Å². The second-order valence-corrected chi connectivity index (χ2v) is 7.27. The molecule has 140 valence electrons. The summed E-state index contributed by atoms with van der Waals surface area (Å²) < 4.78 is 12.1. The summed E-state index contributed by atoms with van der Waals surface area (Å²) in [4.78, 5) is 4.63. The first-order chi connectivity index (χ1) is 13.2. The molecule has 1 heterocycles. The van der Waals surface area contributed by atoms with E-state index >= 15 is 0 Å². The monoisotopic (exact) mass is 362 g/mol. The summed E-state index contributed by atoms with van der Waals surface area (Å²) >= 11 is 0. The van der Waals surface area contributed by atoms with Crippen molar-refractivity contribution in [2.45, 2.75) is 45.1 Å². The van der Waals surface area contributed by atoms with Gasteiger partial charge in [-0.05, 0) is 93.1 Å². The van der Waals surface area contributed by atoms with E-state index in [-0.39, 0.29) is 0 Å². The van der Waals surface area contributed by atoms with Crippen molar-refractivity contribution in [2.75, 3.05) is 6.54 Å². The third-order valence-electron chi connectivity index (χ3n) is 5.13. The number of hydrogen-bond acceptors (Lipinski definition) is 4. The second-order valence-electron chi connectivity index (χ2n) is 7.27. The predicted octanol–water partition coefficient (Wildman–Crippen LogP) is 5.16. The Kier molecular flexibility index (Phi) is 5.26. The fraction of sp³-hybridized carbons (Fsp3) is 0.348. The minimum atomic E-state index is 0.363. The first-order valence-electron chi connectivity index (χ1n) is 9.76. The quantitative estimate of drug-likeness (QED) is 0.658. The van der Waals surface area contributed by atoms with Gasteiger partial charge in [0.2, 0.25) is 5.88 Å². The molecule has 1 fully saturated rings. The van der Waals surface area contributed by atoms with Gasteiger partial charge in [0.25, 0.3) is 0 Å². The fourth-order valence-electron chi connectivity index (χ4n) is 3.66. The molecular formula is C23H26N2O2. The van der Waals surface area contributed by atoms with E-state index in [9.17, 15) is 0 Å². The van der Waals surface area contributed by atoms with E-state index in [4.69, 9.17) is 15.2 Å². The minimum Gasteiger partial charge on any atom is -0.490 e. The summed E-state index contributed by atoms with van der Waals surface area (Å²) in [5.41, 5.74) is 8.84. The van der Waals surface area contributed by atoms with Gasteiger partial charge in [0.15, 0.2) is 0 Å².